The fraction of sp³-hybridized carbons (Fsp3) is 0.722. The van der Waals surface area contributed by atoms with Gasteiger partial charge in [0.15, 0.2) is 0 Å². The van der Waals surface area contributed by atoms with Crippen molar-refractivity contribution in [3.63, 3.8) is 0 Å². The van der Waals surface area contributed by atoms with Crippen molar-refractivity contribution in [2.45, 2.75) is 72.1 Å². The van der Waals surface area contributed by atoms with Crippen LogP contribution in [-0.4, -0.2) is 12.6 Å². The summed E-state index contributed by atoms with van der Waals surface area (Å²) in [5, 5.41) is 0. The minimum Gasteiger partial charge on any atom is -0.465 e. The standard InChI is InChI=1S/C16H30O2.C2H4/c1-4-5-6-7-8-9-10-11-12-13-16(17)18-14-15(2)3;1-2/h5-6,15H,4,7-14H2,1-3H3;1-2H2/b6-5-;. The van der Waals surface area contributed by atoms with Crippen molar-refractivity contribution in [2.24, 2.45) is 5.92 Å². The van der Waals surface area contributed by atoms with Crippen LogP contribution >= 0.6 is 0 Å². The van der Waals surface area contributed by atoms with Crippen molar-refractivity contribution in [3.05, 3.63) is 25.3 Å². The third-order valence-corrected chi connectivity index (χ3v) is 2.73. The molecular weight excluding hydrogens is 248 g/mol. The second-order valence-corrected chi connectivity index (χ2v) is 5.26. The molecule has 0 saturated carbocycles. The van der Waals surface area contributed by atoms with Gasteiger partial charge in [-0.15, -0.1) is 13.2 Å². The Morgan fingerprint density at radius 2 is 1.65 bits per heavy atom. The molecule has 0 amide bonds. The summed E-state index contributed by atoms with van der Waals surface area (Å²) in [7, 11) is 0. The predicted octanol–water partition coefficient (Wildman–Crippen LogP) is 5.68. The highest BCUT2D eigenvalue weighted by Crippen LogP contribution is 2.08. The molecule has 0 aliphatic carbocycles. The monoisotopic (exact) mass is 282 g/mol. The summed E-state index contributed by atoms with van der Waals surface area (Å²) in [4.78, 5) is 11.3. The maximum absolute atomic E-state index is 11.3. The summed E-state index contributed by atoms with van der Waals surface area (Å²) in [6.45, 7) is 12.8. The summed E-state index contributed by atoms with van der Waals surface area (Å²) in [5.41, 5.74) is 0. The molecule has 2 nitrogen and oxygen atoms in total. The molecule has 0 aromatic heterocycles. The molecular formula is C18H34O2. The number of allylic oxidation sites excluding steroid dienone is 2. The number of hydrogen-bond acceptors (Lipinski definition) is 2. The Hall–Kier alpha value is -1.05. The Labute approximate surface area is 126 Å². The van der Waals surface area contributed by atoms with Gasteiger partial charge in [0.1, 0.15) is 0 Å². The Kier molecular flexibility index (Phi) is 19.1. The molecule has 2 heteroatoms. The van der Waals surface area contributed by atoms with Crippen LogP contribution in [0.4, 0.5) is 0 Å². The number of rotatable bonds is 11. The lowest BCUT2D eigenvalue weighted by atomic mass is 10.1. The molecule has 0 radical (unpaired) electrons. The predicted molar refractivity (Wildman–Crippen MR) is 88.8 cm³/mol. The van der Waals surface area contributed by atoms with E-state index >= 15 is 0 Å². The highest BCUT2D eigenvalue weighted by molar-refractivity contribution is 5.69. The van der Waals surface area contributed by atoms with Gasteiger partial charge in [0, 0.05) is 6.42 Å². The lowest BCUT2D eigenvalue weighted by Crippen LogP contribution is -2.09. The zero-order valence-electron chi connectivity index (χ0n) is 13.8. The van der Waals surface area contributed by atoms with Crippen LogP contribution in [0.15, 0.2) is 25.3 Å². The van der Waals surface area contributed by atoms with E-state index < -0.39 is 0 Å². The van der Waals surface area contributed by atoms with Crippen molar-refractivity contribution in [3.8, 4) is 0 Å². The van der Waals surface area contributed by atoms with Gasteiger partial charge in [0.25, 0.3) is 0 Å². The van der Waals surface area contributed by atoms with Gasteiger partial charge in [-0.2, -0.15) is 0 Å². The van der Waals surface area contributed by atoms with E-state index in [9.17, 15) is 4.79 Å². The van der Waals surface area contributed by atoms with E-state index in [1.807, 2.05) is 0 Å². The maximum atomic E-state index is 11.3. The summed E-state index contributed by atoms with van der Waals surface area (Å²) in [5.74, 6) is 0.403. The molecule has 0 aliphatic heterocycles. The molecule has 0 heterocycles. The molecule has 0 aromatic carbocycles. The summed E-state index contributed by atoms with van der Waals surface area (Å²) >= 11 is 0. The molecule has 0 bridgehead atoms. The first-order valence-corrected chi connectivity index (χ1v) is 7.97. The normalized spacial score (nSPS) is 10.4. The van der Waals surface area contributed by atoms with Crippen LogP contribution in [0.5, 0.6) is 0 Å². The largest absolute Gasteiger partial charge is 0.465 e. The first kappa shape index (κ1) is 21.3. The summed E-state index contributed by atoms with van der Waals surface area (Å²) < 4.78 is 5.13. The van der Waals surface area contributed by atoms with Crippen LogP contribution in [0.1, 0.15) is 72.1 Å². The van der Waals surface area contributed by atoms with Gasteiger partial charge in [-0.05, 0) is 31.6 Å². The van der Waals surface area contributed by atoms with Crippen LogP contribution in [0.3, 0.4) is 0 Å². The number of carbonyl (C=O) groups excluding carboxylic acids is 1. The Bertz CT molecular complexity index is 232. The number of carbonyl (C=O) groups is 1. The molecule has 0 atom stereocenters. The molecule has 0 saturated heterocycles. The van der Waals surface area contributed by atoms with E-state index in [2.05, 4.69) is 46.1 Å². The first-order chi connectivity index (χ1) is 9.66. The average Bonchev–Trinajstić information content (AvgIpc) is 2.45. The van der Waals surface area contributed by atoms with Gasteiger partial charge in [0.05, 0.1) is 6.61 Å². The fourth-order valence-corrected chi connectivity index (χ4v) is 1.68. The smallest absolute Gasteiger partial charge is 0.305 e. The Morgan fingerprint density at radius 3 is 2.25 bits per heavy atom. The molecule has 0 spiro atoms. The van der Waals surface area contributed by atoms with Crippen molar-refractivity contribution in [2.75, 3.05) is 6.61 Å². The molecule has 20 heavy (non-hydrogen) atoms. The third kappa shape index (κ3) is 19.3. The SMILES string of the molecule is C=C.CC/C=C\CCCCCCCC(=O)OCC(C)C. The van der Waals surface area contributed by atoms with E-state index in [0.717, 1.165) is 19.3 Å². The Balaban J connectivity index is 0. The second-order valence-electron chi connectivity index (χ2n) is 5.26. The molecule has 0 aliphatic rings. The third-order valence-electron chi connectivity index (χ3n) is 2.73. The maximum Gasteiger partial charge on any atom is 0.305 e. The molecule has 0 aromatic rings. The van der Waals surface area contributed by atoms with Crippen LogP contribution in [-0.2, 0) is 9.53 Å². The zero-order chi connectivity index (χ0) is 15.6. The van der Waals surface area contributed by atoms with Crippen molar-refractivity contribution < 1.29 is 9.53 Å². The average molecular weight is 282 g/mol. The van der Waals surface area contributed by atoms with Crippen LogP contribution in [0, 0.1) is 5.92 Å². The molecule has 118 valence electrons. The topological polar surface area (TPSA) is 26.3 Å². The van der Waals surface area contributed by atoms with Gasteiger partial charge in [-0.25, -0.2) is 0 Å². The van der Waals surface area contributed by atoms with Gasteiger partial charge >= 0.3 is 5.97 Å². The second kappa shape index (κ2) is 17.9. The van der Waals surface area contributed by atoms with E-state index in [-0.39, 0.29) is 5.97 Å². The quantitative estimate of drug-likeness (QED) is 0.277. The number of hydrogen-bond donors (Lipinski definition) is 0. The van der Waals surface area contributed by atoms with E-state index in [4.69, 9.17) is 4.74 Å². The van der Waals surface area contributed by atoms with Crippen LogP contribution in [0.2, 0.25) is 0 Å². The van der Waals surface area contributed by atoms with Gasteiger partial charge < -0.3 is 4.74 Å². The zero-order valence-corrected chi connectivity index (χ0v) is 13.8. The minimum atomic E-state index is -0.0328. The first-order valence-electron chi connectivity index (χ1n) is 7.97. The van der Waals surface area contributed by atoms with Gasteiger partial charge in [-0.3, -0.25) is 4.79 Å². The Morgan fingerprint density at radius 1 is 1.05 bits per heavy atom. The lowest BCUT2D eigenvalue weighted by molar-refractivity contribution is -0.144. The lowest BCUT2D eigenvalue weighted by Gasteiger charge is -2.06. The minimum absolute atomic E-state index is 0.0328. The summed E-state index contributed by atoms with van der Waals surface area (Å²) in [6, 6.07) is 0. The number of unbranched alkanes of at least 4 members (excludes halogenated alkanes) is 5. The van der Waals surface area contributed by atoms with Crippen molar-refractivity contribution in [1.82, 2.24) is 0 Å². The van der Waals surface area contributed by atoms with E-state index in [0.29, 0.717) is 18.9 Å². The molecule has 0 N–H and O–H groups in total. The molecule has 0 fully saturated rings. The van der Waals surface area contributed by atoms with Gasteiger partial charge in [0.2, 0.25) is 0 Å². The molecule has 0 rings (SSSR count). The number of esters is 1. The molecule has 0 unspecified atom stereocenters. The summed E-state index contributed by atoms with van der Waals surface area (Å²) in [6.07, 6.45) is 13.3. The van der Waals surface area contributed by atoms with E-state index in [1.165, 1.54) is 25.7 Å². The number of ether oxygens (including phenoxy) is 1. The van der Waals surface area contributed by atoms with Crippen LogP contribution < -0.4 is 0 Å². The highest BCUT2D eigenvalue weighted by atomic mass is 16.5. The van der Waals surface area contributed by atoms with E-state index in [1.54, 1.807) is 0 Å². The highest BCUT2D eigenvalue weighted by Gasteiger charge is 2.03. The van der Waals surface area contributed by atoms with Gasteiger partial charge in [-0.1, -0.05) is 52.2 Å². The van der Waals surface area contributed by atoms with Crippen molar-refractivity contribution in [1.29, 1.82) is 0 Å². The fourth-order valence-electron chi connectivity index (χ4n) is 1.68. The van der Waals surface area contributed by atoms with Crippen LogP contribution in [0.25, 0.3) is 0 Å². The van der Waals surface area contributed by atoms with Crippen molar-refractivity contribution >= 4 is 5.97 Å².